The lowest BCUT2D eigenvalue weighted by atomic mass is 9.96. The van der Waals surface area contributed by atoms with Crippen LogP contribution in [0.1, 0.15) is 31.0 Å². The Kier molecular flexibility index (Phi) is 4.78. The normalized spacial score (nSPS) is 14.9. The maximum atomic E-state index is 12.8. The zero-order valence-electron chi connectivity index (χ0n) is 14.9. The van der Waals surface area contributed by atoms with Gasteiger partial charge in [-0.25, -0.2) is 0 Å². The molecule has 1 amide bonds. The molecule has 3 aromatic rings. The van der Waals surface area contributed by atoms with E-state index in [4.69, 9.17) is 5.73 Å². The monoisotopic (exact) mass is 370 g/mol. The Morgan fingerprint density at radius 3 is 2.46 bits per heavy atom. The van der Waals surface area contributed by atoms with Crippen LogP contribution in [-0.2, 0) is 17.6 Å². The van der Waals surface area contributed by atoms with Crippen LogP contribution >= 0.6 is 12.4 Å². The van der Waals surface area contributed by atoms with Crippen molar-refractivity contribution in [1.29, 1.82) is 0 Å². The predicted molar refractivity (Wildman–Crippen MR) is 107 cm³/mol. The molecule has 0 aliphatic heterocycles. The molecule has 5 nitrogen and oxygen atoms in total. The van der Waals surface area contributed by atoms with Gasteiger partial charge in [0, 0.05) is 23.3 Å². The summed E-state index contributed by atoms with van der Waals surface area (Å²) in [6, 6.07) is 14.1. The zero-order chi connectivity index (χ0) is 17.6. The van der Waals surface area contributed by atoms with E-state index in [-0.39, 0.29) is 18.3 Å². The summed E-state index contributed by atoms with van der Waals surface area (Å²) >= 11 is 0. The van der Waals surface area contributed by atoms with Gasteiger partial charge in [0.05, 0.1) is 5.52 Å². The number of aromatic nitrogens is 2. The van der Waals surface area contributed by atoms with E-state index >= 15 is 0 Å². The molecule has 1 heterocycles. The molecule has 0 bridgehead atoms. The van der Waals surface area contributed by atoms with Crippen molar-refractivity contribution in [2.75, 3.05) is 5.32 Å². The van der Waals surface area contributed by atoms with Crippen molar-refractivity contribution in [1.82, 2.24) is 9.78 Å². The van der Waals surface area contributed by atoms with Gasteiger partial charge in [-0.1, -0.05) is 24.3 Å². The fourth-order valence-electron chi connectivity index (χ4n) is 3.45. The second-order valence-electron chi connectivity index (χ2n) is 7.21. The third kappa shape index (κ3) is 3.20. The third-order valence-electron chi connectivity index (χ3n) is 4.89. The van der Waals surface area contributed by atoms with Gasteiger partial charge < -0.3 is 11.1 Å². The Morgan fingerprint density at radius 2 is 1.85 bits per heavy atom. The van der Waals surface area contributed by atoms with Gasteiger partial charge in [0.25, 0.3) is 0 Å². The molecule has 4 rings (SSSR count). The van der Waals surface area contributed by atoms with Gasteiger partial charge in [-0.05, 0) is 56.0 Å². The number of carbonyl (C=O) groups is 1. The predicted octanol–water partition coefficient (Wildman–Crippen LogP) is 3.47. The number of nitrogens with two attached hydrogens (primary N) is 1. The number of amides is 1. The summed E-state index contributed by atoms with van der Waals surface area (Å²) in [5.41, 5.74) is 9.53. The Hall–Kier alpha value is -2.37. The van der Waals surface area contributed by atoms with Crippen molar-refractivity contribution in [3.8, 4) is 0 Å². The molecule has 0 saturated heterocycles. The second kappa shape index (κ2) is 6.74. The first-order chi connectivity index (χ1) is 11.9. The zero-order valence-corrected chi connectivity index (χ0v) is 15.7. The highest BCUT2D eigenvalue weighted by molar-refractivity contribution is 6.00. The van der Waals surface area contributed by atoms with Crippen molar-refractivity contribution < 1.29 is 4.79 Å². The molecule has 0 spiro atoms. The lowest BCUT2D eigenvalue weighted by Gasteiger charge is -2.22. The minimum Gasteiger partial charge on any atom is -0.324 e. The van der Waals surface area contributed by atoms with Crippen LogP contribution in [-0.4, -0.2) is 21.2 Å². The molecule has 136 valence electrons. The largest absolute Gasteiger partial charge is 0.324 e. The average molecular weight is 371 g/mol. The van der Waals surface area contributed by atoms with Crippen LogP contribution in [0.3, 0.4) is 0 Å². The molecule has 0 radical (unpaired) electrons. The van der Waals surface area contributed by atoms with E-state index < -0.39 is 5.54 Å². The highest BCUT2D eigenvalue weighted by Crippen LogP contribution is 2.29. The maximum absolute atomic E-state index is 12.8. The Morgan fingerprint density at radius 1 is 1.19 bits per heavy atom. The smallest absolute Gasteiger partial charge is 0.245 e. The fraction of sp³-hybridized carbons (Fsp3) is 0.300. The second-order valence-corrected chi connectivity index (χ2v) is 7.21. The first-order valence-electron chi connectivity index (χ1n) is 8.61. The van der Waals surface area contributed by atoms with Crippen LogP contribution in [0.25, 0.3) is 10.9 Å². The number of fused-ring (bicyclic) bond motifs is 2. The van der Waals surface area contributed by atoms with Crippen LogP contribution < -0.4 is 11.1 Å². The van der Waals surface area contributed by atoms with E-state index in [2.05, 4.69) is 24.3 Å². The SMILES string of the molecule is CC(C)n1cc2cc(NC(=O)C3(N)Cc4ccccc4C3)ccc2n1.Cl. The maximum Gasteiger partial charge on any atom is 0.245 e. The number of carbonyl (C=O) groups excluding carboxylic acids is 1. The van der Waals surface area contributed by atoms with E-state index in [0.717, 1.165) is 27.7 Å². The molecule has 0 fully saturated rings. The van der Waals surface area contributed by atoms with E-state index in [1.165, 1.54) is 0 Å². The van der Waals surface area contributed by atoms with Crippen molar-refractivity contribution >= 4 is 34.9 Å². The highest BCUT2D eigenvalue weighted by atomic mass is 35.5. The van der Waals surface area contributed by atoms with Gasteiger partial charge >= 0.3 is 0 Å². The van der Waals surface area contributed by atoms with Gasteiger partial charge in [0.15, 0.2) is 0 Å². The summed E-state index contributed by atoms with van der Waals surface area (Å²) in [6.07, 6.45) is 3.14. The molecule has 0 unspecified atom stereocenters. The first kappa shape index (κ1) is 18.4. The Balaban J connectivity index is 0.00000196. The number of rotatable bonds is 3. The van der Waals surface area contributed by atoms with Crippen molar-refractivity contribution in [3.63, 3.8) is 0 Å². The molecular weight excluding hydrogens is 348 g/mol. The average Bonchev–Trinajstić information content (AvgIpc) is 3.15. The molecule has 1 aliphatic rings. The minimum atomic E-state index is -0.888. The first-order valence-corrected chi connectivity index (χ1v) is 8.61. The molecule has 6 heteroatoms. The quantitative estimate of drug-likeness (QED) is 0.741. The summed E-state index contributed by atoms with van der Waals surface area (Å²) in [7, 11) is 0. The lowest BCUT2D eigenvalue weighted by molar-refractivity contribution is -0.120. The van der Waals surface area contributed by atoms with E-state index in [1.54, 1.807) is 0 Å². The molecular formula is C20H23ClN4O. The van der Waals surface area contributed by atoms with Crippen molar-refractivity contribution in [2.24, 2.45) is 5.73 Å². The lowest BCUT2D eigenvalue weighted by Crippen LogP contribution is -2.52. The molecule has 0 atom stereocenters. The van der Waals surface area contributed by atoms with Crippen molar-refractivity contribution in [2.45, 2.75) is 38.3 Å². The van der Waals surface area contributed by atoms with Crippen LogP contribution in [0.4, 0.5) is 5.69 Å². The molecule has 2 aromatic carbocycles. The number of hydrogen-bond donors (Lipinski definition) is 2. The molecule has 0 saturated carbocycles. The number of nitrogens with zero attached hydrogens (tertiary/aromatic N) is 2. The van der Waals surface area contributed by atoms with Gasteiger partial charge in [-0.15, -0.1) is 12.4 Å². The number of hydrogen-bond acceptors (Lipinski definition) is 3. The summed E-state index contributed by atoms with van der Waals surface area (Å²) < 4.78 is 1.92. The van der Waals surface area contributed by atoms with Crippen LogP contribution in [0, 0.1) is 0 Å². The van der Waals surface area contributed by atoms with Gasteiger partial charge in [-0.2, -0.15) is 5.10 Å². The highest BCUT2D eigenvalue weighted by Gasteiger charge is 2.40. The number of nitrogens with one attached hydrogen (secondary N) is 1. The van der Waals surface area contributed by atoms with E-state index in [1.807, 2.05) is 53.3 Å². The van der Waals surface area contributed by atoms with Gasteiger partial charge in [0.2, 0.25) is 5.91 Å². The molecule has 1 aromatic heterocycles. The Labute approximate surface area is 159 Å². The fourth-order valence-corrected chi connectivity index (χ4v) is 3.45. The molecule has 1 aliphatic carbocycles. The topological polar surface area (TPSA) is 72.9 Å². The number of halogens is 1. The van der Waals surface area contributed by atoms with E-state index in [9.17, 15) is 4.79 Å². The van der Waals surface area contributed by atoms with Crippen LogP contribution in [0.5, 0.6) is 0 Å². The van der Waals surface area contributed by atoms with E-state index in [0.29, 0.717) is 18.9 Å². The summed E-state index contributed by atoms with van der Waals surface area (Å²) in [4.78, 5) is 12.8. The van der Waals surface area contributed by atoms with Crippen molar-refractivity contribution in [3.05, 3.63) is 59.8 Å². The van der Waals surface area contributed by atoms with Gasteiger partial charge in [0.1, 0.15) is 5.54 Å². The van der Waals surface area contributed by atoms with Gasteiger partial charge in [-0.3, -0.25) is 9.48 Å². The summed E-state index contributed by atoms with van der Waals surface area (Å²) in [5, 5.41) is 8.53. The minimum absolute atomic E-state index is 0. The standard InChI is InChI=1S/C20H22N4O.ClH/c1-13(2)24-12-16-9-17(7-8-18(16)23-24)22-19(25)20(21)10-14-5-3-4-6-15(14)11-20;/h3-9,12-13H,10-11,21H2,1-2H3,(H,22,25);1H. The van der Waals surface area contributed by atoms with Crippen LogP contribution in [0.15, 0.2) is 48.7 Å². The Bertz CT molecular complexity index is 938. The summed E-state index contributed by atoms with van der Waals surface area (Å²) in [5.74, 6) is -0.140. The third-order valence-corrected chi connectivity index (χ3v) is 4.89. The summed E-state index contributed by atoms with van der Waals surface area (Å²) in [6.45, 7) is 4.18. The molecule has 3 N–H and O–H groups in total. The number of anilines is 1. The molecule has 26 heavy (non-hydrogen) atoms. The van der Waals surface area contributed by atoms with Crippen LogP contribution in [0.2, 0.25) is 0 Å². The number of benzene rings is 2.